The molecule has 3 nitrogen and oxygen atoms in total. The Hall–Kier alpha value is -1.51. The maximum absolute atomic E-state index is 4.52. The number of nitrogens with one attached hydrogen (secondary N) is 1. The minimum absolute atomic E-state index is 0.472. The van der Waals surface area contributed by atoms with Gasteiger partial charge in [0.2, 0.25) is 0 Å². The van der Waals surface area contributed by atoms with Crippen LogP contribution in [0.15, 0.2) is 35.3 Å². The van der Waals surface area contributed by atoms with Gasteiger partial charge in [-0.15, -0.1) is 0 Å². The van der Waals surface area contributed by atoms with E-state index in [1.54, 1.807) is 0 Å². The highest BCUT2D eigenvalue weighted by molar-refractivity contribution is 5.81. The van der Waals surface area contributed by atoms with Crippen LogP contribution in [0.1, 0.15) is 19.4 Å². The fourth-order valence-corrected chi connectivity index (χ4v) is 1.87. The fourth-order valence-electron chi connectivity index (χ4n) is 1.87. The molecule has 0 fully saturated rings. The van der Waals surface area contributed by atoms with Gasteiger partial charge in [-0.3, -0.25) is 4.99 Å². The Labute approximate surface area is 97.2 Å². The van der Waals surface area contributed by atoms with E-state index < -0.39 is 0 Å². The first-order chi connectivity index (χ1) is 7.79. The number of aliphatic imine (C=N–C) groups is 1. The van der Waals surface area contributed by atoms with Gasteiger partial charge in [0.1, 0.15) is 0 Å². The number of guanidine groups is 1. The third-order valence-corrected chi connectivity index (χ3v) is 2.79. The summed E-state index contributed by atoms with van der Waals surface area (Å²) in [6.45, 7) is 7.12. The normalized spacial score (nSPS) is 19.1. The van der Waals surface area contributed by atoms with Crippen molar-refractivity contribution in [1.29, 1.82) is 0 Å². The lowest BCUT2D eigenvalue weighted by molar-refractivity contribution is 0.420. The molecule has 1 unspecified atom stereocenters. The molecule has 0 aliphatic carbocycles. The molecule has 16 heavy (non-hydrogen) atoms. The summed E-state index contributed by atoms with van der Waals surface area (Å²) in [6.07, 6.45) is 0. The first kappa shape index (κ1) is 11.0. The third-order valence-electron chi connectivity index (χ3n) is 2.79. The number of hydrogen-bond donors (Lipinski definition) is 1. The first-order valence-corrected chi connectivity index (χ1v) is 5.89. The van der Waals surface area contributed by atoms with Crippen LogP contribution in [-0.2, 0) is 6.54 Å². The minimum atomic E-state index is 0.472. The highest BCUT2D eigenvalue weighted by atomic mass is 15.3. The molecule has 0 saturated carbocycles. The predicted molar refractivity (Wildman–Crippen MR) is 67.4 cm³/mol. The predicted octanol–water partition coefficient (Wildman–Crippen LogP) is 1.86. The summed E-state index contributed by atoms with van der Waals surface area (Å²) in [5.41, 5.74) is 1.33. The average Bonchev–Trinajstić information content (AvgIpc) is 2.74. The highest BCUT2D eigenvalue weighted by Gasteiger charge is 2.17. The quantitative estimate of drug-likeness (QED) is 0.837. The fraction of sp³-hybridized carbons (Fsp3) is 0.462. The smallest absolute Gasteiger partial charge is 0.194 e. The SMILES string of the molecule is CCN(Cc1ccccc1)C1=NCC(C)N1. The van der Waals surface area contributed by atoms with Crippen LogP contribution in [0.3, 0.4) is 0 Å². The monoisotopic (exact) mass is 217 g/mol. The third kappa shape index (κ3) is 2.54. The van der Waals surface area contributed by atoms with Gasteiger partial charge in [0.05, 0.1) is 6.54 Å². The van der Waals surface area contributed by atoms with Crippen LogP contribution in [0.5, 0.6) is 0 Å². The molecular formula is C13H19N3. The van der Waals surface area contributed by atoms with E-state index in [9.17, 15) is 0 Å². The van der Waals surface area contributed by atoms with Crippen molar-refractivity contribution in [2.45, 2.75) is 26.4 Å². The van der Waals surface area contributed by atoms with Crippen molar-refractivity contribution in [3.05, 3.63) is 35.9 Å². The molecule has 1 aliphatic rings. The molecule has 0 spiro atoms. The van der Waals surface area contributed by atoms with Crippen LogP contribution in [0.25, 0.3) is 0 Å². The lowest BCUT2D eigenvalue weighted by Crippen LogP contribution is -2.40. The Balaban J connectivity index is 2.01. The highest BCUT2D eigenvalue weighted by Crippen LogP contribution is 2.07. The van der Waals surface area contributed by atoms with Gasteiger partial charge >= 0.3 is 0 Å². The van der Waals surface area contributed by atoms with E-state index in [-0.39, 0.29) is 0 Å². The molecule has 1 N–H and O–H groups in total. The zero-order valence-corrected chi connectivity index (χ0v) is 9.98. The van der Waals surface area contributed by atoms with Crippen LogP contribution in [-0.4, -0.2) is 30.0 Å². The number of hydrogen-bond acceptors (Lipinski definition) is 3. The van der Waals surface area contributed by atoms with Gasteiger partial charge < -0.3 is 10.2 Å². The maximum Gasteiger partial charge on any atom is 0.194 e. The van der Waals surface area contributed by atoms with E-state index in [1.165, 1.54) is 5.56 Å². The van der Waals surface area contributed by atoms with Crippen molar-refractivity contribution in [2.75, 3.05) is 13.1 Å². The summed E-state index contributed by atoms with van der Waals surface area (Å²) >= 11 is 0. The zero-order chi connectivity index (χ0) is 11.4. The molecule has 0 aromatic heterocycles. The molecular weight excluding hydrogens is 198 g/mol. The summed E-state index contributed by atoms with van der Waals surface area (Å²) in [4.78, 5) is 6.79. The molecule has 1 heterocycles. The van der Waals surface area contributed by atoms with Gasteiger partial charge in [0, 0.05) is 19.1 Å². The van der Waals surface area contributed by atoms with Gasteiger partial charge in [-0.2, -0.15) is 0 Å². The second kappa shape index (κ2) is 5.01. The molecule has 1 aromatic carbocycles. The van der Waals surface area contributed by atoms with Crippen molar-refractivity contribution >= 4 is 5.96 Å². The lowest BCUT2D eigenvalue weighted by atomic mass is 10.2. The topological polar surface area (TPSA) is 27.6 Å². The molecule has 1 aromatic rings. The molecule has 0 saturated heterocycles. The summed E-state index contributed by atoms with van der Waals surface area (Å²) < 4.78 is 0. The summed E-state index contributed by atoms with van der Waals surface area (Å²) in [5.74, 6) is 1.04. The molecule has 1 atom stereocenters. The molecule has 0 bridgehead atoms. The van der Waals surface area contributed by atoms with E-state index in [0.29, 0.717) is 6.04 Å². The number of nitrogens with zero attached hydrogens (tertiary/aromatic N) is 2. The Bertz CT molecular complexity index is 359. The second-order valence-corrected chi connectivity index (χ2v) is 4.21. The van der Waals surface area contributed by atoms with E-state index in [1.807, 2.05) is 6.07 Å². The van der Waals surface area contributed by atoms with Crippen molar-refractivity contribution < 1.29 is 0 Å². The lowest BCUT2D eigenvalue weighted by Gasteiger charge is -2.23. The number of benzene rings is 1. The van der Waals surface area contributed by atoms with Crippen LogP contribution in [0.4, 0.5) is 0 Å². The van der Waals surface area contributed by atoms with Gasteiger partial charge in [0.15, 0.2) is 5.96 Å². The largest absolute Gasteiger partial charge is 0.352 e. The summed E-state index contributed by atoms with van der Waals surface area (Å²) in [5, 5.41) is 3.40. The molecule has 2 rings (SSSR count). The van der Waals surface area contributed by atoms with Gasteiger partial charge in [0.25, 0.3) is 0 Å². The van der Waals surface area contributed by atoms with Crippen LogP contribution >= 0.6 is 0 Å². The zero-order valence-electron chi connectivity index (χ0n) is 9.98. The summed E-state index contributed by atoms with van der Waals surface area (Å²) in [7, 11) is 0. The van der Waals surface area contributed by atoms with Crippen molar-refractivity contribution in [2.24, 2.45) is 4.99 Å². The molecule has 0 radical (unpaired) electrons. The van der Waals surface area contributed by atoms with E-state index in [4.69, 9.17) is 0 Å². The van der Waals surface area contributed by atoms with E-state index >= 15 is 0 Å². The van der Waals surface area contributed by atoms with Crippen LogP contribution in [0, 0.1) is 0 Å². The Morgan fingerprint density at radius 2 is 2.12 bits per heavy atom. The van der Waals surface area contributed by atoms with Gasteiger partial charge in [-0.1, -0.05) is 30.3 Å². The molecule has 3 heteroatoms. The average molecular weight is 217 g/mol. The molecule has 1 aliphatic heterocycles. The van der Waals surface area contributed by atoms with Crippen LogP contribution < -0.4 is 5.32 Å². The van der Waals surface area contributed by atoms with Gasteiger partial charge in [-0.05, 0) is 19.4 Å². The van der Waals surface area contributed by atoms with E-state index in [0.717, 1.165) is 25.6 Å². The number of rotatable bonds is 3. The standard InChI is InChI=1S/C13H19N3/c1-3-16(13-14-9-11(2)15-13)10-12-7-5-4-6-8-12/h4-8,11H,3,9-10H2,1-2H3,(H,14,15). The first-order valence-electron chi connectivity index (χ1n) is 5.89. The minimum Gasteiger partial charge on any atom is -0.352 e. The summed E-state index contributed by atoms with van der Waals surface area (Å²) in [6, 6.07) is 11.0. The van der Waals surface area contributed by atoms with Crippen molar-refractivity contribution in [3.63, 3.8) is 0 Å². The van der Waals surface area contributed by atoms with Crippen molar-refractivity contribution in [3.8, 4) is 0 Å². The second-order valence-electron chi connectivity index (χ2n) is 4.21. The Morgan fingerprint density at radius 3 is 2.69 bits per heavy atom. The van der Waals surface area contributed by atoms with Gasteiger partial charge in [-0.25, -0.2) is 0 Å². The van der Waals surface area contributed by atoms with Crippen molar-refractivity contribution in [1.82, 2.24) is 10.2 Å². The van der Waals surface area contributed by atoms with Crippen LogP contribution in [0.2, 0.25) is 0 Å². The maximum atomic E-state index is 4.52. The molecule has 86 valence electrons. The Kier molecular flexibility index (Phi) is 3.44. The Morgan fingerprint density at radius 1 is 1.38 bits per heavy atom. The molecule has 0 amide bonds. The van der Waals surface area contributed by atoms with E-state index in [2.05, 4.69) is 53.3 Å².